The third kappa shape index (κ3) is 2.58. The standard InChI is InChI=1S/C13H20N2/c1-11(8-14)6-7-15-9-12-4-2-3-5-13(12)10-15/h2-5,11H,6-10,14H2,1H3. The van der Waals surface area contributed by atoms with Crippen molar-refractivity contribution in [1.29, 1.82) is 0 Å². The molecule has 2 rings (SSSR count). The van der Waals surface area contributed by atoms with Crippen molar-refractivity contribution < 1.29 is 0 Å². The second kappa shape index (κ2) is 4.77. The Morgan fingerprint density at radius 1 is 1.27 bits per heavy atom. The van der Waals surface area contributed by atoms with Crippen LogP contribution in [0.25, 0.3) is 0 Å². The predicted octanol–water partition coefficient (Wildman–Crippen LogP) is 1.99. The van der Waals surface area contributed by atoms with Gasteiger partial charge in [0.1, 0.15) is 0 Å². The van der Waals surface area contributed by atoms with Crippen LogP contribution in [0.3, 0.4) is 0 Å². The number of benzene rings is 1. The molecule has 2 heteroatoms. The zero-order chi connectivity index (χ0) is 10.7. The molecule has 1 unspecified atom stereocenters. The molecule has 0 saturated carbocycles. The van der Waals surface area contributed by atoms with Crippen molar-refractivity contribution in [2.45, 2.75) is 26.4 Å². The summed E-state index contributed by atoms with van der Waals surface area (Å²) in [6, 6.07) is 8.74. The Balaban J connectivity index is 1.85. The first kappa shape index (κ1) is 10.7. The summed E-state index contributed by atoms with van der Waals surface area (Å²) in [5, 5.41) is 0. The van der Waals surface area contributed by atoms with Crippen LogP contribution in [0.5, 0.6) is 0 Å². The molecule has 0 spiro atoms. The van der Waals surface area contributed by atoms with E-state index in [9.17, 15) is 0 Å². The molecular formula is C13H20N2. The van der Waals surface area contributed by atoms with Gasteiger partial charge in [-0.2, -0.15) is 0 Å². The third-order valence-corrected chi connectivity index (χ3v) is 3.25. The van der Waals surface area contributed by atoms with Crippen LogP contribution in [-0.4, -0.2) is 18.0 Å². The summed E-state index contributed by atoms with van der Waals surface area (Å²) >= 11 is 0. The molecule has 0 aromatic heterocycles. The van der Waals surface area contributed by atoms with E-state index in [1.54, 1.807) is 0 Å². The summed E-state index contributed by atoms with van der Waals surface area (Å²) in [6.07, 6.45) is 1.21. The van der Waals surface area contributed by atoms with E-state index in [0.717, 1.165) is 19.6 Å². The molecule has 1 aliphatic heterocycles. The van der Waals surface area contributed by atoms with Gasteiger partial charge >= 0.3 is 0 Å². The van der Waals surface area contributed by atoms with Crippen molar-refractivity contribution >= 4 is 0 Å². The monoisotopic (exact) mass is 204 g/mol. The van der Waals surface area contributed by atoms with E-state index in [4.69, 9.17) is 5.73 Å². The minimum absolute atomic E-state index is 0.647. The molecule has 0 aliphatic carbocycles. The van der Waals surface area contributed by atoms with E-state index in [1.165, 1.54) is 24.1 Å². The number of hydrogen-bond acceptors (Lipinski definition) is 2. The summed E-state index contributed by atoms with van der Waals surface area (Å²) in [7, 11) is 0. The lowest BCUT2D eigenvalue weighted by Crippen LogP contribution is -2.22. The molecule has 0 saturated heterocycles. The maximum Gasteiger partial charge on any atom is 0.0240 e. The van der Waals surface area contributed by atoms with Gasteiger partial charge in [0.15, 0.2) is 0 Å². The zero-order valence-corrected chi connectivity index (χ0v) is 9.45. The van der Waals surface area contributed by atoms with Gasteiger partial charge in [0.05, 0.1) is 0 Å². The van der Waals surface area contributed by atoms with Gasteiger partial charge in [0.2, 0.25) is 0 Å². The topological polar surface area (TPSA) is 29.3 Å². The summed E-state index contributed by atoms with van der Waals surface area (Å²) in [5.41, 5.74) is 8.62. The summed E-state index contributed by atoms with van der Waals surface area (Å²) in [4.78, 5) is 2.51. The van der Waals surface area contributed by atoms with Crippen LogP contribution < -0.4 is 5.73 Å². The fraction of sp³-hybridized carbons (Fsp3) is 0.538. The Labute approximate surface area is 92.1 Å². The van der Waals surface area contributed by atoms with Gasteiger partial charge in [-0.3, -0.25) is 4.90 Å². The maximum absolute atomic E-state index is 5.62. The Bertz CT molecular complexity index is 297. The van der Waals surface area contributed by atoms with Crippen molar-refractivity contribution in [3.8, 4) is 0 Å². The first-order valence-corrected chi connectivity index (χ1v) is 5.79. The van der Waals surface area contributed by atoms with Gasteiger partial charge in [-0.1, -0.05) is 31.2 Å². The molecule has 1 aliphatic rings. The van der Waals surface area contributed by atoms with Crippen LogP contribution in [0.2, 0.25) is 0 Å². The molecule has 2 N–H and O–H groups in total. The molecule has 0 amide bonds. The molecule has 0 bridgehead atoms. The number of hydrogen-bond donors (Lipinski definition) is 1. The minimum Gasteiger partial charge on any atom is -0.330 e. The van der Waals surface area contributed by atoms with E-state index in [-0.39, 0.29) is 0 Å². The van der Waals surface area contributed by atoms with Crippen molar-refractivity contribution in [3.63, 3.8) is 0 Å². The number of fused-ring (bicyclic) bond motifs is 1. The molecule has 82 valence electrons. The number of nitrogens with zero attached hydrogens (tertiary/aromatic N) is 1. The highest BCUT2D eigenvalue weighted by molar-refractivity contribution is 5.30. The Morgan fingerprint density at radius 2 is 1.87 bits per heavy atom. The third-order valence-electron chi connectivity index (χ3n) is 3.25. The Morgan fingerprint density at radius 3 is 2.40 bits per heavy atom. The predicted molar refractivity (Wildman–Crippen MR) is 63.4 cm³/mol. The zero-order valence-electron chi connectivity index (χ0n) is 9.45. The lowest BCUT2D eigenvalue weighted by Gasteiger charge is -2.16. The van der Waals surface area contributed by atoms with E-state index >= 15 is 0 Å². The molecule has 1 atom stereocenters. The van der Waals surface area contributed by atoms with Crippen LogP contribution in [0.15, 0.2) is 24.3 Å². The van der Waals surface area contributed by atoms with Crippen molar-refractivity contribution in [1.82, 2.24) is 4.90 Å². The van der Waals surface area contributed by atoms with Gasteiger partial charge in [0, 0.05) is 13.1 Å². The van der Waals surface area contributed by atoms with Crippen LogP contribution in [-0.2, 0) is 13.1 Å². The smallest absolute Gasteiger partial charge is 0.0240 e. The molecule has 0 radical (unpaired) electrons. The summed E-state index contributed by atoms with van der Waals surface area (Å²) in [5.74, 6) is 0.647. The van der Waals surface area contributed by atoms with Gasteiger partial charge in [-0.25, -0.2) is 0 Å². The van der Waals surface area contributed by atoms with Crippen molar-refractivity contribution in [2.24, 2.45) is 11.7 Å². The lowest BCUT2D eigenvalue weighted by atomic mass is 10.1. The lowest BCUT2D eigenvalue weighted by molar-refractivity contribution is 0.263. The average molecular weight is 204 g/mol. The largest absolute Gasteiger partial charge is 0.330 e. The van der Waals surface area contributed by atoms with Gasteiger partial charge in [0.25, 0.3) is 0 Å². The van der Waals surface area contributed by atoms with Crippen LogP contribution in [0, 0.1) is 5.92 Å². The molecule has 1 heterocycles. The molecule has 15 heavy (non-hydrogen) atoms. The molecular weight excluding hydrogens is 184 g/mol. The highest BCUT2D eigenvalue weighted by Crippen LogP contribution is 2.22. The highest BCUT2D eigenvalue weighted by atomic mass is 15.1. The second-order valence-electron chi connectivity index (χ2n) is 4.61. The van der Waals surface area contributed by atoms with Crippen molar-refractivity contribution in [2.75, 3.05) is 13.1 Å². The minimum atomic E-state index is 0.647. The quantitative estimate of drug-likeness (QED) is 0.812. The van der Waals surface area contributed by atoms with E-state index in [1.807, 2.05) is 0 Å². The van der Waals surface area contributed by atoms with Crippen LogP contribution in [0.4, 0.5) is 0 Å². The van der Waals surface area contributed by atoms with E-state index < -0.39 is 0 Å². The number of nitrogens with two attached hydrogens (primary N) is 1. The Hall–Kier alpha value is -0.860. The maximum atomic E-state index is 5.62. The van der Waals surface area contributed by atoms with Gasteiger partial charge < -0.3 is 5.73 Å². The molecule has 0 fully saturated rings. The van der Waals surface area contributed by atoms with Gasteiger partial charge in [-0.05, 0) is 36.6 Å². The number of rotatable bonds is 4. The second-order valence-corrected chi connectivity index (χ2v) is 4.61. The van der Waals surface area contributed by atoms with Gasteiger partial charge in [-0.15, -0.1) is 0 Å². The Kier molecular flexibility index (Phi) is 3.39. The fourth-order valence-electron chi connectivity index (χ4n) is 2.08. The average Bonchev–Trinajstić information content (AvgIpc) is 2.68. The van der Waals surface area contributed by atoms with Crippen LogP contribution >= 0.6 is 0 Å². The summed E-state index contributed by atoms with van der Waals surface area (Å²) in [6.45, 7) is 6.44. The van der Waals surface area contributed by atoms with E-state index in [0.29, 0.717) is 5.92 Å². The van der Waals surface area contributed by atoms with Crippen LogP contribution in [0.1, 0.15) is 24.5 Å². The first-order chi connectivity index (χ1) is 7.29. The molecule has 1 aromatic carbocycles. The first-order valence-electron chi connectivity index (χ1n) is 5.79. The molecule has 1 aromatic rings. The molecule has 2 nitrogen and oxygen atoms in total. The fourth-order valence-corrected chi connectivity index (χ4v) is 2.08. The SMILES string of the molecule is CC(CN)CCN1Cc2ccccc2C1. The van der Waals surface area contributed by atoms with E-state index in [2.05, 4.69) is 36.1 Å². The highest BCUT2D eigenvalue weighted by Gasteiger charge is 2.17. The normalized spacial score (nSPS) is 17.7. The van der Waals surface area contributed by atoms with Crippen molar-refractivity contribution in [3.05, 3.63) is 35.4 Å². The summed E-state index contributed by atoms with van der Waals surface area (Å²) < 4.78 is 0.